The Kier molecular flexibility index (Phi) is 5.45. The number of carbonyl (C=O) groups excluding carboxylic acids is 1. The van der Waals surface area contributed by atoms with E-state index in [1.165, 1.54) is 38.5 Å². The van der Waals surface area contributed by atoms with Gasteiger partial charge in [0.05, 0.1) is 5.75 Å². The zero-order valence-corrected chi connectivity index (χ0v) is 14.7. The van der Waals surface area contributed by atoms with Crippen LogP contribution in [0.2, 0.25) is 0 Å². The van der Waals surface area contributed by atoms with E-state index in [1.54, 1.807) is 34.9 Å². The van der Waals surface area contributed by atoms with Gasteiger partial charge in [0.15, 0.2) is 8.68 Å². The molecule has 1 heterocycles. The summed E-state index contributed by atoms with van der Waals surface area (Å²) in [6, 6.07) is 1.04. The fourth-order valence-electron chi connectivity index (χ4n) is 2.88. The summed E-state index contributed by atoms with van der Waals surface area (Å²) in [5.41, 5.74) is 0. The van der Waals surface area contributed by atoms with E-state index in [-0.39, 0.29) is 0 Å². The SMILES string of the molecule is CCSc1nnc(SCC(=O)N(C2CCCC2)C2CC2)s1. The standard InChI is InChI=1S/C14H21N3OS3/c1-2-19-13-15-16-14(21-13)20-9-12(18)17(11-7-8-11)10-5-3-4-6-10/h10-11H,2-9H2,1H3. The van der Waals surface area contributed by atoms with E-state index >= 15 is 0 Å². The number of thioether (sulfide) groups is 2. The second kappa shape index (κ2) is 7.33. The molecule has 116 valence electrons. The molecule has 3 rings (SSSR count). The zero-order valence-electron chi connectivity index (χ0n) is 12.3. The van der Waals surface area contributed by atoms with Crippen molar-refractivity contribution in [3.63, 3.8) is 0 Å². The molecule has 2 fully saturated rings. The van der Waals surface area contributed by atoms with Crippen molar-refractivity contribution < 1.29 is 4.79 Å². The lowest BCUT2D eigenvalue weighted by Gasteiger charge is -2.28. The molecule has 0 bridgehead atoms. The van der Waals surface area contributed by atoms with Gasteiger partial charge in [-0.2, -0.15) is 0 Å². The molecule has 0 aliphatic heterocycles. The van der Waals surface area contributed by atoms with Gasteiger partial charge >= 0.3 is 0 Å². The molecule has 2 aliphatic rings. The lowest BCUT2D eigenvalue weighted by molar-refractivity contribution is -0.131. The first-order valence-corrected chi connectivity index (χ1v) is 10.5. The van der Waals surface area contributed by atoms with E-state index in [9.17, 15) is 4.79 Å². The van der Waals surface area contributed by atoms with Crippen LogP contribution in [0.4, 0.5) is 0 Å². The molecule has 1 aromatic rings. The van der Waals surface area contributed by atoms with E-state index in [0.29, 0.717) is 23.7 Å². The minimum atomic E-state index is 0.300. The maximum absolute atomic E-state index is 12.6. The molecule has 0 spiro atoms. The van der Waals surface area contributed by atoms with Crippen LogP contribution >= 0.6 is 34.9 Å². The minimum Gasteiger partial charge on any atom is -0.336 e. The number of rotatable bonds is 7. The first kappa shape index (κ1) is 15.6. The van der Waals surface area contributed by atoms with Gasteiger partial charge in [-0.25, -0.2) is 0 Å². The van der Waals surface area contributed by atoms with Crippen molar-refractivity contribution in [2.24, 2.45) is 0 Å². The molecule has 4 nitrogen and oxygen atoms in total. The van der Waals surface area contributed by atoms with Gasteiger partial charge in [-0.3, -0.25) is 4.79 Å². The summed E-state index contributed by atoms with van der Waals surface area (Å²) < 4.78 is 1.92. The Morgan fingerprint density at radius 3 is 2.38 bits per heavy atom. The molecule has 0 N–H and O–H groups in total. The topological polar surface area (TPSA) is 46.1 Å². The summed E-state index contributed by atoms with van der Waals surface area (Å²) in [6.07, 6.45) is 7.35. The number of aromatic nitrogens is 2. The lowest BCUT2D eigenvalue weighted by atomic mass is 10.2. The number of amides is 1. The highest BCUT2D eigenvalue weighted by molar-refractivity contribution is 8.03. The Balaban J connectivity index is 1.53. The molecule has 1 amide bonds. The normalized spacial score (nSPS) is 19.1. The van der Waals surface area contributed by atoms with Gasteiger partial charge in [0.1, 0.15) is 0 Å². The number of hydrogen-bond donors (Lipinski definition) is 0. The van der Waals surface area contributed by atoms with Crippen LogP contribution < -0.4 is 0 Å². The van der Waals surface area contributed by atoms with Crippen LogP contribution in [0.15, 0.2) is 8.68 Å². The molecule has 0 atom stereocenters. The van der Waals surface area contributed by atoms with Crippen LogP contribution in [0.1, 0.15) is 45.4 Å². The van der Waals surface area contributed by atoms with Gasteiger partial charge in [-0.15, -0.1) is 10.2 Å². The van der Waals surface area contributed by atoms with Gasteiger partial charge in [0.2, 0.25) is 5.91 Å². The second-order valence-electron chi connectivity index (χ2n) is 5.53. The maximum atomic E-state index is 12.6. The van der Waals surface area contributed by atoms with Crippen LogP contribution in [0, 0.1) is 0 Å². The number of hydrogen-bond acceptors (Lipinski definition) is 6. The summed E-state index contributed by atoms with van der Waals surface area (Å²) in [6.45, 7) is 2.11. The summed E-state index contributed by atoms with van der Waals surface area (Å²) in [5.74, 6) is 1.82. The summed E-state index contributed by atoms with van der Waals surface area (Å²) in [4.78, 5) is 14.8. The third-order valence-corrected chi connectivity index (χ3v) is 6.98. The van der Waals surface area contributed by atoms with E-state index in [0.717, 1.165) is 14.4 Å². The highest BCUT2D eigenvalue weighted by Gasteiger charge is 2.38. The first-order valence-electron chi connectivity index (χ1n) is 7.68. The maximum Gasteiger partial charge on any atom is 0.233 e. The average Bonchev–Trinajstić information content (AvgIpc) is 2.98. The molecule has 0 aromatic carbocycles. The Bertz CT molecular complexity index is 484. The van der Waals surface area contributed by atoms with E-state index in [1.807, 2.05) is 0 Å². The van der Waals surface area contributed by atoms with E-state index < -0.39 is 0 Å². The average molecular weight is 344 g/mol. The van der Waals surface area contributed by atoms with Gasteiger partial charge in [0, 0.05) is 12.1 Å². The quantitative estimate of drug-likeness (QED) is 0.707. The Hall–Kier alpha value is -0.270. The summed E-state index contributed by atoms with van der Waals surface area (Å²) >= 11 is 4.86. The largest absolute Gasteiger partial charge is 0.336 e. The molecule has 7 heteroatoms. The smallest absolute Gasteiger partial charge is 0.233 e. The van der Waals surface area contributed by atoms with Crippen LogP contribution in [0.25, 0.3) is 0 Å². The van der Waals surface area contributed by atoms with Crippen molar-refractivity contribution in [3.8, 4) is 0 Å². The van der Waals surface area contributed by atoms with Crippen molar-refractivity contribution in [1.29, 1.82) is 0 Å². The predicted molar refractivity (Wildman–Crippen MR) is 89.2 cm³/mol. The summed E-state index contributed by atoms with van der Waals surface area (Å²) in [5, 5.41) is 8.30. The molecule has 0 radical (unpaired) electrons. The van der Waals surface area contributed by atoms with E-state index in [2.05, 4.69) is 22.0 Å². The second-order valence-corrected chi connectivity index (χ2v) is 9.24. The third-order valence-electron chi connectivity index (χ3n) is 3.92. The van der Waals surface area contributed by atoms with Crippen LogP contribution in [-0.2, 0) is 4.79 Å². The van der Waals surface area contributed by atoms with E-state index in [4.69, 9.17) is 0 Å². The third kappa shape index (κ3) is 4.13. The van der Waals surface area contributed by atoms with Crippen molar-refractivity contribution in [2.45, 2.75) is 66.2 Å². The van der Waals surface area contributed by atoms with Crippen molar-refractivity contribution in [3.05, 3.63) is 0 Å². The summed E-state index contributed by atoms with van der Waals surface area (Å²) in [7, 11) is 0. The molecular formula is C14H21N3OS3. The van der Waals surface area contributed by atoms with Gasteiger partial charge in [-0.1, -0.05) is 54.6 Å². The Labute approximate surface area is 138 Å². The number of nitrogens with zero attached hydrogens (tertiary/aromatic N) is 3. The van der Waals surface area contributed by atoms with Crippen LogP contribution in [-0.4, -0.2) is 44.6 Å². The first-order chi connectivity index (χ1) is 10.3. The van der Waals surface area contributed by atoms with Crippen molar-refractivity contribution >= 4 is 40.8 Å². The molecule has 2 saturated carbocycles. The van der Waals surface area contributed by atoms with Crippen molar-refractivity contribution in [2.75, 3.05) is 11.5 Å². The highest BCUT2D eigenvalue weighted by atomic mass is 32.2. The van der Waals surface area contributed by atoms with Gasteiger partial charge in [-0.05, 0) is 31.4 Å². The lowest BCUT2D eigenvalue weighted by Crippen LogP contribution is -2.41. The Morgan fingerprint density at radius 1 is 1.14 bits per heavy atom. The number of carbonyl (C=O) groups is 1. The van der Waals surface area contributed by atoms with Crippen LogP contribution in [0.3, 0.4) is 0 Å². The van der Waals surface area contributed by atoms with Crippen molar-refractivity contribution in [1.82, 2.24) is 15.1 Å². The minimum absolute atomic E-state index is 0.300. The Morgan fingerprint density at radius 2 is 1.76 bits per heavy atom. The molecule has 2 aliphatic carbocycles. The fourth-order valence-corrected chi connectivity index (χ4v) is 5.66. The monoisotopic (exact) mass is 343 g/mol. The molecule has 1 aromatic heterocycles. The van der Waals surface area contributed by atoms with Gasteiger partial charge < -0.3 is 4.90 Å². The van der Waals surface area contributed by atoms with Crippen LogP contribution in [0.5, 0.6) is 0 Å². The molecule has 0 unspecified atom stereocenters. The predicted octanol–water partition coefficient (Wildman–Crippen LogP) is 3.68. The zero-order chi connectivity index (χ0) is 14.7. The highest BCUT2D eigenvalue weighted by Crippen LogP contribution is 2.36. The molecular weight excluding hydrogens is 322 g/mol. The molecule has 0 saturated heterocycles. The fraction of sp³-hybridized carbons (Fsp3) is 0.786. The van der Waals surface area contributed by atoms with Gasteiger partial charge in [0.25, 0.3) is 0 Å². The molecule has 21 heavy (non-hydrogen) atoms.